The lowest BCUT2D eigenvalue weighted by atomic mass is 10.0. The highest BCUT2D eigenvalue weighted by atomic mass is 32.1. The molecule has 2 rings (SSSR count). The molecular formula is C10H14N2O3S. The molecule has 0 amide bonds. The number of carboxylic acid groups (broad SMARTS) is 1. The Kier molecular flexibility index (Phi) is 3.40. The first-order valence-corrected chi connectivity index (χ1v) is 6.08. The van der Waals surface area contributed by atoms with Crippen molar-refractivity contribution < 1.29 is 14.6 Å². The molecule has 1 aromatic heterocycles. The molecule has 0 bridgehead atoms. The van der Waals surface area contributed by atoms with E-state index in [1.807, 2.05) is 6.92 Å². The van der Waals surface area contributed by atoms with Gasteiger partial charge in [-0.3, -0.25) is 0 Å². The van der Waals surface area contributed by atoms with Crippen molar-refractivity contribution in [1.29, 1.82) is 0 Å². The van der Waals surface area contributed by atoms with Gasteiger partial charge in [0.2, 0.25) is 0 Å². The Balaban J connectivity index is 1.94. The second-order valence-electron chi connectivity index (χ2n) is 3.84. The van der Waals surface area contributed by atoms with E-state index in [4.69, 9.17) is 9.84 Å². The zero-order chi connectivity index (χ0) is 11.5. The van der Waals surface area contributed by atoms with Crippen molar-refractivity contribution in [3.8, 4) is 0 Å². The Bertz CT molecular complexity index is 380. The average molecular weight is 242 g/mol. The van der Waals surface area contributed by atoms with E-state index in [2.05, 4.69) is 10.3 Å². The van der Waals surface area contributed by atoms with Gasteiger partial charge in [-0.25, -0.2) is 9.78 Å². The first-order chi connectivity index (χ1) is 7.68. The third-order valence-corrected chi connectivity index (χ3v) is 3.61. The average Bonchev–Trinajstić information content (AvgIpc) is 2.83. The van der Waals surface area contributed by atoms with Crippen molar-refractivity contribution >= 4 is 22.3 Å². The largest absolute Gasteiger partial charge is 0.476 e. The smallest absolute Gasteiger partial charge is 0.357 e. The molecule has 0 saturated carbocycles. The first kappa shape index (κ1) is 11.3. The Labute approximate surface area is 97.5 Å². The molecule has 0 radical (unpaired) electrons. The van der Waals surface area contributed by atoms with E-state index in [-0.39, 0.29) is 11.8 Å². The predicted molar refractivity (Wildman–Crippen MR) is 61.1 cm³/mol. The number of aromatic carboxylic acids is 1. The lowest BCUT2D eigenvalue weighted by Crippen LogP contribution is -2.21. The van der Waals surface area contributed by atoms with Crippen LogP contribution in [0.25, 0.3) is 0 Å². The number of nitrogens with one attached hydrogen (secondary N) is 1. The summed E-state index contributed by atoms with van der Waals surface area (Å²) in [5, 5.41) is 12.7. The molecular weight excluding hydrogens is 228 g/mol. The summed E-state index contributed by atoms with van der Waals surface area (Å²) in [6, 6.07) is 0. The van der Waals surface area contributed by atoms with Crippen LogP contribution in [-0.2, 0) is 4.74 Å². The lowest BCUT2D eigenvalue weighted by molar-refractivity contribution is 0.0692. The SMILES string of the molecule is CC1OCCC1CNc1scnc1C(=O)O. The summed E-state index contributed by atoms with van der Waals surface area (Å²) < 4.78 is 5.44. The Morgan fingerprint density at radius 1 is 1.81 bits per heavy atom. The van der Waals surface area contributed by atoms with Crippen molar-refractivity contribution in [1.82, 2.24) is 4.98 Å². The van der Waals surface area contributed by atoms with Crippen LogP contribution in [0.2, 0.25) is 0 Å². The normalized spacial score (nSPS) is 24.6. The van der Waals surface area contributed by atoms with E-state index >= 15 is 0 Å². The zero-order valence-electron chi connectivity index (χ0n) is 8.97. The minimum atomic E-state index is -0.987. The van der Waals surface area contributed by atoms with E-state index in [0.29, 0.717) is 10.9 Å². The van der Waals surface area contributed by atoms with Gasteiger partial charge in [-0.2, -0.15) is 0 Å². The molecule has 1 aliphatic rings. The van der Waals surface area contributed by atoms with Crippen LogP contribution >= 0.6 is 11.3 Å². The van der Waals surface area contributed by atoms with Crippen molar-refractivity contribution in [2.45, 2.75) is 19.4 Å². The number of aromatic nitrogens is 1. The van der Waals surface area contributed by atoms with Crippen LogP contribution in [-0.4, -0.2) is 35.3 Å². The number of nitrogens with zero attached hydrogens (tertiary/aromatic N) is 1. The van der Waals surface area contributed by atoms with Gasteiger partial charge in [0, 0.05) is 19.1 Å². The number of rotatable bonds is 4. The second kappa shape index (κ2) is 4.80. The molecule has 6 heteroatoms. The number of carboxylic acids is 1. The summed E-state index contributed by atoms with van der Waals surface area (Å²) in [6.45, 7) is 3.58. The third kappa shape index (κ3) is 2.33. The van der Waals surface area contributed by atoms with Gasteiger partial charge in [0.15, 0.2) is 5.69 Å². The van der Waals surface area contributed by atoms with Gasteiger partial charge in [-0.05, 0) is 13.3 Å². The minimum Gasteiger partial charge on any atom is -0.476 e. The maximum absolute atomic E-state index is 10.8. The Morgan fingerprint density at radius 2 is 2.62 bits per heavy atom. The number of hydrogen-bond donors (Lipinski definition) is 2. The van der Waals surface area contributed by atoms with Gasteiger partial charge in [0.25, 0.3) is 0 Å². The van der Waals surface area contributed by atoms with E-state index < -0.39 is 5.97 Å². The van der Waals surface area contributed by atoms with Crippen LogP contribution in [0, 0.1) is 5.92 Å². The van der Waals surface area contributed by atoms with Gasteiger partial charge < -0.3 is 15.2 Å². The second-order valence-corrected chi connectivity index (χ2v) is 4.70. The summed E-state index contributed by atoms with van der Waals surface area (Å²) in [7, 11) is 0. The van der Waals surface area contributed by atoms with E-state index in [1.165, 1.54) is 11.3 Å². The van der Waals surface area contributed by atoms with Gasteiger partial charge in [0.1, 0.15) is 5.00 Å². The molecule has 2 atom stereocenters. The summed E-state index contributed by atoms with van der Waals surface area (Å²) in [6.07, 6.45) is 1.27. The molecule has 16 heavy (non-hydrogen) atoms. The van der Waals surface area contributed by atoms with E-state index in [0.717, 1.165) is 19.6 Å². The fraction of sp³-hybridized carbons (Fsp3) is 0.600. The third-order valence-electron chi connectivity index (χ3n) is 2.83. The number of carbonyl (C=O) groups is 1. The van der Waals surface area contributed by atoms with E-state index in [9.17, 15) is 4.79 Å². The maximum atomic E-state index is 10.8. The van der Waals surface area contributed by atoms with Crippen LogP contribution in [0.4, 0.5) is 5.00 Å². The molecule has 1 aromatic rings. The molecule has 2 heterocycles. The highest BCUT2D eigenvalue weighted by molar-refractivity contribution is 7.14. The van der Waals surface area contributed by atoms with Crippen molar-refractivity contribution in [3.63, 3.8) is 0 Å². The highest BCUT2D eigenvalue weighted by Crippen LogP contribution is 2.24. The molecule has 2 N–H and O–H groups in total. The molecule has 5 nitrogen and oxygen atoms in total. The molecule has 1 fully saturated rings. The monoisotopic (exact) mass is 242 g/mol. The molecule has 1 aliphatic heterocycles. The fourth-order valence-electron chi connectivity index (χ4n) is 1.79. The maximum Gasteiger partial charge on any atom is 0.357 e. The first-order valence-electron chi connectivity index (χ1n) is 5.20. The molecule has 0 aromatic carbocycles. The summed E-state index contributed by atoms with van der Waals surface area (Å²) >= 11 is 1.32. The number of ether oxygens (including phenoxy) is 1. The summed E-state index contributed by atoms with van der Waals surface area (Å²) in [4.78, 5) is 14.6. The molecule has 1 saturated heterocycles. The summed E-state index contributed by atoms with van der Waals surface area (Å²) in [5.74, 6) is -0.539. The Morgan fingerprint density at radius 3 is 3.25 bits per heavy atom. The highest BCUT2D eigenvalue weighted by Gasteiger charge is 2.24. The van der Waals surface area contributed by atoms with Crippen LogP contribution in [0.15, 0.2) is 5.51 Å². The molecule has 2 unspecified atom stereocenters. The fourth-order valence-corrected chi connectivity index (χ4v) is 2.47. The van der Waals surface area contributed by atoms with Crippen molar-refractivity contribution in [3.05, 3.63) is 11.2 Å². The summed E-state index contributed by atoms with van der Waals surface area (Å²) in [5.41, 5.74) is 1.65. The Hall–Kier alpha value is -1.14. The standard InChI is InChI=1S/C10H14N2O3S/c1-6-7(2-3-15-6)4-11-9-8(10(13)14)12-5-16-9/h5-7,11H,2-4H2,1H3,(H,13,14). The van der Waals surface area contributed by atoms with Crippen molar-refractivity contribution in [2.75, 3.05) is 18.5 Å². The predicted octanol–water partition coefficient (Wildman–Crippen LogP) is 1.68. The van der Waals surface area contributed by atoms with Crippen molar-refractivity contribution in [2.24, 2.45) is 5.92 Å². The quantitative estimate of drug-likeness (QED) is 0.840. The van der Waals surface area contributed by atoms with Crippen LogP contribution < -0.4 is 5.32 Å². The topological polar surface area (TPSA) is 71.5 Å². The number of anilines is 1. The molecule has 0 aliphatic carbocycles. The number of thiazole rings is 1. The number of hydrogen-bond acceptors (Lipinski definition) is 5. The minimum absolute atomic E-state index is 0.108. The lowest BCUT2D eigenvalue weighted by Gasteiger charge is -2.14. The van der Waals surface area contributed by atoms with Crippen LogP contribution in [0.1, 0.15) is 23.8 Å². The van der Waals surface area contributed by atoms with Gasteiger partial charge in [-0.15, -0.1) is 11.3 Å². The molecule has 88 valence electrons. The van der Waals surface area contributed by atoms with Crippen LogP contribution in [0.5, 0.6) is 0 Å². The van der Waals surface area contributed by atoms with Crippen LogP contribution in [0.3, 0.4) is 0 Å². The van der Waals surface area contributed by atoms with Gasteiger partial charge in [-0.1, -0.05) is 0 Å². The van der Waals surface area contributed by atoms with Gasteiger partial charge in [0.05, 0.1) is 11.6 Å². The molecule has 0 spiro atoms. The van der Waals surface area contributed by atoms with Gasteiger partial charge >= 0.3 is 5.97 Å². The zero-order valence-corrected chi connectivity index (χ0v) is 9.79. The van der Waals surface area contributed by atoms with E-state index in [1.54, 1.807) is 5.51 Å².